The predicted molar refractivity (Wildman–Crippen MR) is 84.8 cm³/mol. The van der Waals surface area contributed by atoms with E-state index in [1.807, 2.05) is 12.4 Å². The maximum Gasteiger partial charge on any atom is 0.0270 e. The zero-order valence-corrected chi connectivity index (χ0v) is 13.4. The molecule has 1 fully saturated rings. The molecule has 1 saturated carbocycles. The Morgan fingerprint density at radius 2 is 1.95 bits per heavy atom. The topological polar surface area (TPSA) is 28.2 Å². The van der Waals surface area contributed by atoms with Gasteiger partial charge in [-0.25, -0.2) is 0 Å². The van der Waals surface area contributed by atoms with Gasteiger partial charge in [-0.3, -0.25) is 4.98 Å². The van der Waals surface area contributed by atoms with Crippen molar-refractivity contribution >= 4 is 0 Å². The van der Waals surface area contributed by atoms with E-state index in [4.69, 9.17) is 0 Å². The van der Waals surface area contributed by atoms with Crippen LogP contribution in [0.4, 0.5) is 0 Å². The van der Waals surface area contributed by atoms with Crippen LogP contribution in [0.5, 0.6) is 0 Å². The fourth-order valence-corrected chi connectivity index (χ4v) is 2.83. The average molecular weight is 275 g/mol. The molecule has 20 heavy (non-hydrogen) atoms. The van der Waals surface area contributed by atoms with Crippen LogP contribution in [0.25, 0.3) is 0 Å². The summed E-state index contributed by atoms with van der Waals surface area (Å²) in [6.07, 6.45) is 7.61. The quantitative estimate of drug-likeness (QED) is 0.865. The van der Waals surface area contributed by atoms with Crippen LogP contribution in [0.1, 0.15) is 39.2 Å². The molecule has 1 heterocycles. The summed E-state index contributed by atoms with van der Waals surface area (Å²) in [4.78, 5) is 6.61. The Morgan fingerprint density at radius 3 is 2.50 bits per heavy atom. The summed E-state index contributed by atoms with van der Waals surface area (Å²) in [6, 6.07) is 4.99. The van der Waals surface area contributed by atoms with Gasteiger partial charge in [0.2, 0.25) is 0 Å². The van der Waals surface area contributed by atoms with Crippen LogP contribution in [0.3, 0.4) is 0 Å². The lowest BCUT2D eigenvalue weighted by Gasteiger charge is -2.44. The van der Waals surface area contributed by atoms with Crippen molar-refractivity contribution in [3.8, 4) is 0 Å². The zero-order valence-electron chi connectivity index (χ0n) is 13.4. The molecule has 1 aromatic rings. The van der Waals surface area contributed by atoms with Crippen LogP contribution in [0.2, 0.25) is 0 Å². The number of hydrogen-bond acceptors (Lipinski definition) is 3. The van der Waals surface area contributed by atoms with Crippen molar-refractivity contribution in [3.63, 3.8) is 0 Å². The molecular formula is C17H29N3. The van der Waals surface area contributed by atoms with Gasteiger partial charge in [0.15, 0.2) is 0 Å². The fraction of sp³-hybridized carbons (Fsp3) is 0.706. The van der Waals surface area contributed by atoms with Crippen LogP contribution in [-0.4, -0.2) is 41.6 Å². The first-order chi connectivity index (χ1) is 9.46. The molecular weight excluding hydrogens is 246 g/mol. The average Bonchev–Trinajstić information content (AvgIpc) is 2.35. The molecule has 0 amide bonds. The Labute approximate surface area is 123 Å². The van der Waals surface area contributed by atoms with Crippen molar-refractivity contribution in [3.05, 3.63) is 30.1 Å². The molecule has 0 saturated heterocycles. The largest absolute Gasteiger partial charge is 0.312 e. The van der Waals surface area contributed by atoms with E-state index in [0.717, 1.165) is 31.5 Å². The molecule has 1 N–H and O–H groups in total. The Bertz CT molecular complexity index is 396. The minimum absolute atomic E-state index is 0.232. The molecule has 1 aromatic heterocycles. The Balaban J connectivity index is 1.74. The molecule has 0 radical (unpaired) electrons. The van der Waals surface area contributed by atoms with Crippen LogP contribution in [-0.2, 0) is 6.42 Å². The number of pyridine rings is 1. The summed E-state index contributed by atoms with van der Waals surface area (Å²) in [6.45, 7) is 9.02. The standard InChI is InChI=1S/C17H29N3/c1-17(2,3)19-13-15-5-6-16(15)20(4)12-9-14-7-10-18-11-8-14/h7-8,10-11,15-16,19H,5-6,9,12-13H2,1-4H3. The number of hydrogen-bond donors (Lipinski definition) is 1. The molecule has 1 aliphatic carbocycles. The number of likely N-dealkylation sites (N-methyl/N-ethyl adjacent to an activating group) is 1. The molecule has 112 valence electrons. The van der Waals surface area contributed by atoms with Crippen molar-refractivity contribution in [1.82, 2.24) is 15.2 Å². The van der Waals surface area contributed by atoms with E-state index in [2.05, 4.69) is 55.2 Å². The van der Waals surface area contributed by atoms with Gasteiger partial charge in [-0.2, -0.15) is 0 Å². The lowest BCUT2D eigenvalue weighted by atomic mass is 9.78. The summed E-state index contributed by atoms with van der Waals surface area (Å²) in [5.41, 5.74) is 1.62. The molecule has 3 heteroatoms. The number of nitrogens with one attached hydrogen (secondary N) is 1. The lowest BCUT2D eigenvalue weighted by molar-refractivity contribution is 0.0802. The molecule has 0 bridgehead atoms. The highest BCUT2D eigenvalue weighted by molar-refractivity contribution is 5.10. The number of nitrogens with zero attached hydrogens (tertiary/aromatic N) is 2. The molecule has 0 aromatic carbocycles. The smallest absolute Gasteiger partial charge is 0.0270 e. The number of rotatable bonds is 6. The maximum absolute atomic E-state index is 4.07. The number of aromatic nitrogens is 1. The Kier molecular flexibility index (Phi) is 5.17. The highest BCUT2D eigenvalue weighted by atomic mass is 15.1. The van der Waals surface area contributed by atoms with E-state index in [1.165, 1.54) is 18.4 Å². The van der Waals surface area contributed by atoms with Crippen molar-refractivity contribution in [2.24, 2.45) is 5.92 Å². The highest BCUT2D eigenvalue weighted by Gasteiger charge is 2.33. The Morgan fingerprint density at radius 1 is 1.25 bits per heavy atom. The molecule has 2 unspecified atom stereocenters. The lowest BCUT2D eigenvalue weighted by Crippen LogP contribution is -2.51. The van der Waals surface area contributed by atoms with Crippen molar-refractivity contribution in [1.29, 1.82) is 0 Å². The van der Waals surface area contributed by atoms with Crippen LogP contribution < -0.4 is 5.32 Å². The zero-order chi connectivity index (χ0) is 14.6. The van der Waals surface area contributed by atoms with Crippen LogP contribution >= 0.6 is 0 Å². The van der Waals surface area contributed by atoms with Gasteiger partial charge in [0.25, 0.3) is 0 Å². The second-order valence-electron chi connectivity index (χ2n) is 7.12. The van der Waals surface area contributed by atoms with E-state index in [9.17, 15) is 0 Å². The van der Waals surface area contributed by atoms with E-state index in [-0.39, 0.29) is 5.54 Å². The van der Waals surface area contributed by atoms with Crippen molar-refractivity contribution in [2.75, 3.05) is 20.1 Å². The minimum atomic E-state index is 0.232. The molecule has 2 atom stereocenters. The second kappa shape index (κ2) is 6.68. The minimum Gasteiger partial charge on any atom is -0.312 e. The summed E-state index contributed by atoms with van der Waals surface area (Å²) >= 11 is 0. The van der Waals surface area contributed by atoms with Crippen LogP contribution in [0, 0.1) is 5.92 Å². The summed E-state index contributed by atoms with van der Waals surface area (Å²) in [7, 11) is 2.27. The van der Waals surface area contributed by atoms with E-state index >= 15 is 0 Å². The fourth-order valence-electron chi connectivity index (χ4n) is 2.83. The van der Waals surface area contributed by atoms with Gasteiger partial charge in [0.1, 0.15) is 0 Å². The van der Waals surface area contributed by atoms with E-state index in [1.54, 1.807) is 0 Å². The third-order valence-corrected chi connectivity index (χ3v) is 4.34. The van der Waals surface area contributed by atoms with Gasteiger partial charge in [-0.1, -0.05) is 0 Å². The van der Waals surface area contributed by atoms with Gasteiger partial charge in [0, 0.05) is 30.5 Å². The summed E-state index contributed by atoms with van der Waals surface area (Å²) in [5, 5.41) is 3.65. The van der Waals surface area contributed by atoms with Crippen LogP contribution in [0.15, 0.2) is 24.5 Å². The third kappa shape index (κ3) is 4.57. The van der Waals surface area contributed by atoms with Crippen molar-refractivity contribution in [2.45, 2.75) is 51.6 Å². The van der Waals surface area contributed by atoms with Gasteiger partial charge >= 0.3 is 0 Å². The molecule has 1 aliphatic rings. The van der Waals surface area contributed by atoms with Gasteiger partial charge < -0.3 is 10.2 Å². The molecule has 2 rings (SSSR count). The SMILES string of the molecule is CN(CCc1ccncc1)C1CCC1CNC(C)(C)C. The first-order valence-electron chi connectivity index (χ1n) is 7.80. The summed E-state index contributed by atoms with van der Waals surface area (Å²) in [5.74, 6) is 0.816. The summed E-state index contributed by atoms with van der Waals surface area (Å²) < 4.78 is 0. The van der Waals surface area contributed by atoms with Crippen molar-refractivity contribution < 1.29 is 0 Å². The first-order valence-corrected chi connectivity index (χ1v) is 7.80. The monoisotopic (exact) mass is 275 g/mol. The molecule has 0 aliphatic heterocycles. The predicted octanol–water partition coefficient (Wildman–Crippen LogP) is 2.72. The molecule has 0 spiro atoms. The molecule has 3 nitrogen and oxygen atoms in total. The van der Waals surface area contributed by atoms with Gasteiger partial charge in [0.05, 0.1) is 0 Å². The Hall–Kier alpha value is -0.930. The second-order valence-corrected chi connectivity index (χ2v) is 7.12. The highest BCUT2D eigenvalue weighted by Crippen LogP contribution is 2.31. The van der Waals surface area contributed by atoms with E-state index < -0.39 is 0 Å². The van der Waals surface area contributed by atoms with E-state index in [0.29, 0.717) is 0 Å². The maximum atomic E-state index is 4.07. The normalized spacial score (nSPS) is 22.9. The third-order valence-electron chi connectivity index (χ3n) is 4.34. The van der Waals surface area contributed by atoms with Gasteiger partial charge in [-0.15, -0.1) is 0 Å². The first kappa shape index (κ1) is 15.5. The van der Waals surface area contributed by atoms with Gasteiger partial charge in [-0.05, 0) is 77.2 Å².